The van der Waals surface area contributed by atoms with Crippen LogP contribution in [0.1, 0.15) is 46.1 Å². The number of para-hydroxylation sites is 1. The molecule has 1 atom stereocenters. The predicted octanol–water partition coefficient (Wildman–Crippen LogP) is 3.88. The second kappa shape index (κ2) is 9.99. The number of benzene rings is 2. The maximum Gasteiger partial charge on any atom is 0.329 e. The van der Waals surface area contributed by atoms with E-state index in [-0.39, 0.29) is 18.6 Å². The van der Waals surface area contributed by atoms with E-state index < -0.39 is 17.9 Å². The van der Waals surface area contributed by atoms with Crippen LogP contribution in [-0.2, 0) is 29.6 Å². The van der Waals surface area contributed by atoms with Crippen LogP contribution in [-0.4, -0.2) is 32.7 Å². The molecule has 8 nitrogen and oxygen atoms in total. The Kier molecular flexibility index (Phi) is 6.61. The standard InChI is InChI=1S/C27H25ClN4O4/c1-32-20(14-23(31-32)16-6-7-16)15-36-27(35)24(30-26(34)17-8-10-19(28)11-9-17)12-18-13-25(33)29-22-5-3-2-4-21(18)22/h2-5,8-11,13-14,16,24H,6-7,12,15H2,1H3,(H,29,33)(H,30,34). The van der Waals surface area contributed by atoms with E-state index in [2.05, 4.69) is 15.4 Å². The van der Waals surface area contributed by atoms with Gasteiger partial charge in [0.25, 0.3) is 5.91 Å². The van der Waals surface area contributed by atoms with E-state index in [1.165, 1.54) is 6.07 Å². The summed E-state index contributed by atoms with van der Waals surface area (Å²) in [6.45, 7) is 0.0263. The summed E-state index contributed by atoms with van der Waals surface area (Å²) < 4.78 is 7.35. The summed E-state index contributed by atoms with van der Waals surface area (Å²) in [7, 11) is 1.82. The number of carbonyl (C=O) groups excluding carboxylic acids is 2. The first-order valence-electron chi connectivity index (χ1n) is 11.7. The van der Waals surface area contributed by atoms with Crippen molar-refractivity contribution in [1.82, 2.24) is 20.1 Å². The van der Waals surface area contributed by atoms with Crippen LogP contribution in [0.5, 0.6) is 0 Å². The number of carbonyl (C=O) groups is 2. The summed E-state index contributed by atoms with van der Waals surface area (Å²) in [5.41, 5.74) is 3.12. The van der Waals surface area contributed by atoms with Gasteiger partial charge in [0.1, 0.15) is 12.6 Å². The van der Waals surface area contributed by atoms with E-state index in [0.717, 1.165) is 29.6 Å². The molecule has 1 amide bonds. The van der Waals surface area contributed by atoms with Gasteiger partial charge in [0.05, 0.1) is 11.4 Å². The van der Waals surface area contributed by atoms with Gasteiger partial charge >= 0.3 is 5.97 Å². The molecule has 0 aliphatic heterocycles. The number of ether oxygens (including phenoxy) is 1. The maximum atomic E-state index is 13.3. The smallest absolute Gasteiger partial charge is 0.329 e. The number of fused-ring (bicyclic) bond motifs is 1. The molecule has 9 heteroatoms. The number of hydrogen-bond acceptors (Lipinski definition) is 5. The highest BCUT2D eigenvalue weighted by Gasteiger charge is 2.28. The van der Waals surface area contributed by atoms with Gasteiger partial charge in [-0.05, 0) is 54.8 Å². The van der Waals surface area contributed by atoms with Crippen LogP contribution in [0, 0.1) is 0 Å². The maximum absolute atomic E-state index is 13.3. The molecule has 1 unspecified atom stereocenters. The molecule has 2 heterocycles. The van der Waals surface area contributed by atoms with Crippen molar-refractivity contribution in [2.45, 2.75) is 37.8 Å². The normalized spacial score (nSPS) is 13.9. The molecule has 2 N–H and O–H groups in total. The number of hydrogen-bond donors (Lipinski definition) is 2. The molecule has 184 valence electrons. The van der Waals surface area contributed by atoms with Gasteiger partial charge < -0.3 is 15.0 Å². The number of nitrogens with zero attached hydrogens (tertiary/aromatic N) is 2. The number of pyridine rings is 1. The molecule has 36 heavy (non-hydrogen) atoms. The highest BCUT2D eigenvalue weighted by Crippen LogP contribution is 2.39. The van der Waals surface area contributed by atoms with Crippen molar-refractivity contribution in [2.24, 2.45) is 7.05 Å². The van der Waals surface area contributed by atoms with Crippen molar-refractivity contribution in [3.05, 3.63) is 98.6 Å². The van der Waals surface area contributed by atoms with Gasteiger partial charge in [-0.3, -0.25) is 14.3 Å². The van der Waals surface area contributed by atoms with Crippen molar-refractivity contribution < 1.29 is 14.3 Å². The van der Waals surface area contributed by atoms with Crippen molar-refractivity contribution in [1.29, 1.82) is 0 Å². The van der Waals surface area contributed by atoms with E-state index in [4.69, 9.17) is 16.3 Å². The lowest BCUT2D eigenvalue weighted by atomic mass is 10.0. The Hall–Kier alpha value is -3.91. The Morgan fingerprint density at radius 1 is 1.17 bits per heavy atom. The molecule has 5 rings (SSSR count). The molecular weight excluding hydrogens is 480 g/mol. The first-order valence-corrected chi connectivity index (χ1v) is 12.1. The van der Waals surface area contributed by atoms with Gasteiger partial charge in [-0.25, -0.2) is 4.79 Å². The van der Waals surface area contributed by atoms with Crippen LogP contribution >= 0.6 is 11.6 Å². The Labute approximate surface area is 212 Å². The van der Waals surface area contributed by atoms with Crippen molar-refractivity contribution in [2.75, 3.05) is 0 Å². The van der Waals surface area contributed by atoms with Gasteiger partial charge in [0, 0.05) is 46.9 Å². The number of nitrogens with one attached hydrogen (secondary N) is 2. The second-order valence-corrected chi connectivity index (χ2v) is 9.44. The van der Waals surface area contributed by atoms with Gasteiger partial charge in [0.2, 0.25) is 5.56 Å². The minimum atomic E-state index is -1.02. The number of aromatic amines is 1. The van der Waals surface area contributed by atoms with Crippen LogP contribution in [0.4, 0.5) is 0 Å². The van der Waals surface area contributed by atoms with Gasteiger partial charge in [-0.2, -0.15) is 5.10 Å². The van der Waals surface area contributed by atoms with E-state index in [0.29, 0.717) is 27.6 Å². The number of amides is 1. The first kappa shape index (κ1) is 23.8. The van der Waals surface area contributed by atoms with E-state index in [1.807, 2.05) is 31.3 Å². The Morgan fingerprint density at radius 2 is 1.92 bits per heavy atom. The average molecular weight is 505 g/mol. The zero-order valence-corrected chi connectivity index (χ0v) is 20.4. The predicted molar refractivity (Wildman–Crippen MR) is 136 cm³/mol. The number of halogens is 1. The molecule has 1 aliphatic rings. The summed E-state index contributed by atoms with van der Waals surface area (Å²) in [6, 6.07) is 16.1. The van der Waals surface area contributed by atoms with E-state index in [1.54, 1.807) is 35.0 Å². The number of rotatable bonds is 8. The Balaban J connectivity index is 1.39. The average Bonchev–Trinajstić information content (AvgIpc) is 3.65. The molecule has 1 aliphatic carbocycles. The number of aromatic nitrogens is 3. The highest BCUT2D eigenvalue weighted by molar-refractivity contribution is 6.30. The largest absolute Gasteiger partial charge is 0.458 e. The third-order valence-electron chi connectivity index (χ3n) is 6.31. The summed E-state index contributed by atoms with van der Waals surface area (Å²) in [5, 5.41) is 8.57. The third kappa shape index (κ3) is 5.33. The molecule has 4 aromatic rings. The topological polar surface area (TPSA) is 106 Å². The molecule has 0 saturated heterocycles. The fourth-order valence-electron chi connectivity index (χ4n) is 4.19. The van der Waals surface area contributed by atoms with Gasteiger partial charge in [-0.15, -0.1) is 0 Å². The van der Waals surface area contributed by atoms with Crippen LogP contribution in [0.15, 0.2) is 65.5 Å². The summed E-state index contributed by atoms with van der Waals surface area (Å²) in [6.07, 6.45) is 2.33. The van der Waals surface area contributed by atoms with Crippen molar-refractivity contribution in [3.8, 4) is 0 Å². The van der Waals surface area contributed by atoms with Crippen LogP contribution in [0.2, 0.25) is 5.02 Å². The molecule has 0 bridgehead atoms. The van der Waals surface area contributed by atoms with Crippen molar-refractivity contribution in [3.63, 3.8) is 0 Å². The summed E-state index contributed by atoms with van der Waals surface area (Å²) in [5.74, 6) is -0.563. The first-order chi connectivity index (χ1) is 17.4. The number of esters is 1. The third-order valence-corrected chi connectivity index (χ3v) is 6.56. The van der Waals surface area contributed by atoms with E-state index >= 15 is 0 Å². The quantitative estimate of drug-likeness (QED) is 0.354. The SMILES string of the molecule is Cn1nc(C2CC2)cc1COC(=O)C(Cc1cc(=O)[nH]c2ccccc12)NC(=O)c1ccc(Cl)cc1. The Morgan fingerprint density at radius 3 is 2.67 bits per heavy atom. The summed E-state index contributed by atoms with van der Waals surface area (Å²) >= 11 is 5.94. The van der Waals surface area contributed by atoms with Crippen LogP contribution in [0.3, 0.4) is 0 Å². The minimum Gasteiger partial charge on any atom is -0.458 e. The molecule has 1 saturated carbocycles. The van der Waals surface area contributed by atoms with Gasteiger partial charge in [-0.1, -0.05) is 29.8 Å². The highest BCUT2D eigenvalue weighted by atomic mass is 35.5. The fraction of sp³-hybridized carbons (Fsp3) is 0.259. The zero-order valence-electron chi connectivity index (χ0n) is 19.7. The molecule has 0 spiro atoms. The zero-order chi connectivity index (χ0) is 25.2. The molecule has 2 aromatic carbocycles. The van der Waals surface area contributed by atoms with Gasteiger partial charge in [0.15, 0.2) is 0 Å². The Bertz CT molecular complexity index is 1490. The molecular formula is C27H25ClN4O4. The van der Waals surface area contributed by atoms with Crippen LogP contribution < -0.4 is 10.9 Å². The lowest BCUT2D eigenvalue weighted by molar-refractivity contribution is -0.147. The number of H-pyrrole nitrogens is 1. The lowest BCUT2D eigenvalue weighted by Gasteiger charge is -2.19. The molecule has 1 fully saturated rings. The van der Waals surface area contributed by atoms with E-state index in [9.17, 15) is 14.4 Å². The fourth-order valence-corrected chi connectivity index (χ4v) is 4.32. The van der Waals surface area contributed by atoms with Crippen LogP contribution in [0.25, 0.3) is 10.9 Å². The lowest BCUT2D eigenvalue weighted by Crippen LogP contribution is -2.43. The second-order valence-electron chi connectivity index (χ2n) is 9.01. The molecule has 2 aromatic heterocycles. The monoisotopic (exact) mass is 504 g/mol. The summed E-state index contributed by atoms with van der Waals surface area (Å²) in [4.78, 5) is 41.3. The number of aryl methyl sites for hydroxylation is 1. The minimum absolute atomic E-state index is 0.0263. The molecule has 0 radical (unpaired) electrons. The van der Waals surface area contributed by atoms with Crippen molar-refractivity contribution >= 4 is 34.4 Å².